The molecular formula is C18H30IN3O. The summed E-state index contributed by atoms with van der Waals surface area (Å²) >= 11 is 0. The number of benzene rings is 1. The minimum absolute atomic E-state index is 0. The van der Waals surface area contributed by atoms with E-state index in [4.69, 9.17) is 10.5 Å². The Hall–Kier alpha value is -0.980. The second-order valence-electron chi connectivity index (χ2n) is 6.57. The minimum atomic E-state index is 0. The van der Waals surface area contributed by atoms with Crippen LogP contribution >= 0.6 is 24.0 Å². The standard InChI is InChI=1S/C18H29N3O.HI/c1-14(2)21-17(19)20-13-18(11-5-4-6-12-18)15-7-9-16(22-3)10-8-15;/h7-10,14H,4-6,11-13H2,1-3H3,(H3,19,20,21);1H. The number of rotatable bonds is 5. The van der Waals surface area contributed by atoms with Crippen LogP contribution in [-0.4, -0.2) is 25.7 Å². The number of hydrogen-bond donors (Lipinski definition) is 2. The number of hydrogen-bond acceptors (Lipinski definition) is 2. The molecular weight excluding hydrogens is 401 g/mol. The van der Waals surface area contributed by atoms with E-state index < -0.39 is 0 Å². The van der Waals surface area contributed by atoms with Crippen LogP contribution in [0.4, 0.5) is 0 Å². The number of aliphatic imine (C=N–C) groups is 1. The Morgan fingerprint density at radius 3 is 2.35 bits per heavy atom. The molecule has 0 bridgehead atoms. The van der Waals surface area contributed by atoms with Crippen molar-refractivity contribution in [3.05, 3.63) is 29.8 Å². The summed E-state index contributed by atoms with van der Waals surface area (Å²) < 4.78 is 5.27. The fraction of sp³-hybridized carbons (Fsp3) is 0.611. The number of guanidine groups is 1. The lowest BCUT2D eigenvalue weighted by atomic mass is 9.69. The molecule has 0 aliphatic heterocycles. The molecule has 4 nitrogen and oxygen atoms in total. The molecule has 0 unspecified atom stereocenters. The van der Waals surface area contributed by atoms with Crippen molar-refractivity contribution in [1.82, 2.24) is 5.32 Å². The van der Waals surface area contributed by atoms with E-state index in [2.05, 4.69) is 36.3 Å². The molecule has 1 aliphatic carbocycles. The summed E-state index contributed by atoms with van der Waals surface area (Å²) in [6.07, 6.45) is 6.20. The van der Waals surface area contributed by atoms with E-state index in [0.29, 0.717) is 12.0 Å². The van der Waals surface area contributed by atoms with Gasteiger partial charge in [0.1, 0.15) is 5.75 Å². The highest BCUT2D eigenvalue weighted by molar-refractivity contribution is 14.0. The maximum absolute atomic E-state index is 5.99. The molecule has 1 fully saturated rings. The second-order valence-corrected chi connectivity index (χ2v) is 6.57. The van der Waals surface area contributed by atoms with Crippen LogP contribution in [0, 0.1) is 0 Å². The molecule has 0 radical (unpaired) electrons. The van der Waals surface area contributed by atoms with Crippen LogP contribution in [-0.2, 0) is 5.41 Å². The first-order valence-corrected chi connectivity index (χ1v) is 8.27. The third-order valence-corrected chi connectivity index (χ3v) is 4.50. The molecule has 0 heterocycles. The third-order valence-electron chi connectivity index (χ3n) is 4.50. The molecule has 0 atom stereocenters. The van der Waals surface area contributed by atoms with E-state index in [0.717, 1.165) is 12.3 Å². The summed E-state index contributed by atoms with van der Waals surface area (Å²) in [7, 11) is 1.70. The normalized spacial score (nSPS) is 17.5. The molecule has 1 aromatic rings. The van der Waals surface area contributed by atoms with Crippen LogP contribution in [0.15, 0.2) is 29.3 Å². The maximum atomic E-state index is 5.99. The van der Waals surface area contributed by atoms with Gasteiger partial charge in [0.15, 0.2) is 5.96 Å². The average Bonchev–Trinajstić information content (AvgIpc) is 2.53. The van der Waals surface area contributed by atoms with Gasteiger partial charge in [0.05, 0.1) is 13.7 Å². The monoisotopic (exact) mass is 431 g/mol. The molecule has 0 saturated heterocycles. The highest BCUT2D eigenvalue weighted by atomic mass is 127. The van der Waals surface area contributed by atoms with Crippen molar-refractivity contribution in [2.75, 3.05) is 13.7 Å². The van der Waals surface area contributed by atoms with Crippen LogP contribution in [0.5, 0.6) is 5.75 Å². The first-order valence-electron chi connectivity index (χ1n) is 8.27. The third kappa shape index (κ3) is 5.55. The van der Waals surface area contributed by atoms with Gasteiger partial charge in [-0.25, -0.2) is 0 Å². The Kier molecular flexibility index (Phi) is 8.16. The quantitative estimate of drug-likeness (QED) is 0.423. The lowest BCUT2D eigenvalue weighted by molar-refractivity contribution is 0.301. The Labute approximate surface area is 157 Å². The van der Waals surface area contributed by atoms with Crippen molar-refractivity contribution >= 4 is 29.9 Å². The first kappa shape index (κ1) is 20.1. The van der Waals surface area contributed by atoms with Gasteiger partial charge in [-0.15, -0.1) is 24.0 Å². The number of halogens is 1. The van der Waals surface area contributed by atoms with Gasteiger partial charge in [-0.2, -0.15) is 0 Å². The van der Waals surface area contributed by atoms with E-state index in [1.807, 2.05) is 12.1 Å². The SMILES string of the molecule is COc1ccc(C2(CN=C(N)NC(C)C)CCCCC2)cc1.I. The Morgan fingerprint density at radius 2 is 1.83 bits per heavy atom. The summed E-state index contributed by atoms with van der Waals surface area (Å²) in [5.74, 6) is 1.45. The van der Waals surface area contributed by atoms with Crippen molar-refractivity contribution in [2.45, 2.75) is 57.4 Å². The molecule has 1 aromatic carbocycles. The van der Waals surface area contributed by atoms with Gasteiger partial charge in [0, 0.05) is 11.5 Å². The van der Waals surface area contributed by atoms with Gasteiger partial charge in [-0.3, -0.25) is 4.99 Å². The number of nitrogens with two attached hydrogens (primary N) is 1. The smallest absolute Gasteiger partial charge is 0.188 e. The van der Waals surface area contributed by atoms with E-state index >= 15 is 0 Å². The van der Waals surface area contributed by atoms with Crippen LogP contribution < -0.4 is 15.8 Å². The van der Waals surface area contributed by atoms with E-state index in [9.17, 15) is 0 Å². The van der Waals surface area contributed by atoms with Crippen molar-refractivity contribution in [2.24, 2.45) is 10.7 Å². The summed E-state index contributed by atoms with van der Waals surface area (Å²) in [6, 6.07) is 8.78. The Bertz CT molecular complexity index is 493. The lowest BCUT2D eigenvalue weighted by Crippen LogP contribution is -2.39. The fourth-order valence-corrected chi connectivity index (χ4v) is 3.29. The molecule has 2 rings (SSSR count). The zero-order valence-electron chi connectivity index (χ0n) is 14.5. The number of nitrogens with one attached hydrogen (secondary N) is 1. The molecule has 23 heavy (non-hydrogen) atoms. The van der Waals surface area contributed by atoms with E-state index in [1.54, 1.807) is 7.11 Å². The molecule has 0 amide bonds. The van der Waals surface area contributed by atoms with Crippen molar-refractivity contribution in [3.63, 3.8) is 0 Å². The molecule has 3 N–H and O–H groups in total. The van der Waals surface area contributed by atoms with Gasteiger partial charge >= 0.3 is 0 Å². The minimum Gasteiger partial charge on any atom is -0.497 e. The summed E-state index contributed by atoms with van der Waals surface area (Å²) in [4.78, 5) is 4.63. The summed E-state index contributed by atoms with van der Waals surface area (Å²) in [5, 5.41) is 3.18. The van der Waals surface area contributed by atoms with Crippen LogP contribution in [0.1, 0.15) is 51.5 Å². The number of nitrogens with zero attached hydrogens (tertiary/aromatic N) is 1. The van der Waals surface area contributed by atoms with Gasteiger partial charge < -0.3 is 15.8 Å². The van der Waals surface area contributed by atoms with Crippen molar-refractivity contribution in [1.29, 1.82) is 0 Å². The average molecular weight is 431 g/mol. The topological polar surface area (TPSA) is 59.6 Å². The zero-order chi connectivity index (χ0) is 16.0. The summed E-state index contributed by atoms with van der Waals surface area (Å²) in [6.45, 7) is 4.90. The molecule has 1 aliphatic rings. The molecule has 0 spiro atoms. The first-order chi connectivity index (χ1) is 10.6. The maximum Gasteiger partial charge on any atom is 0.188 e. The largest absolute Gasteiger partial charge is 0.497 e. The second kappa shape index (κ2) is 9.35. The Morgan fingerprint density at radius 1 is 1.22 bits per heavy atom. The summed E-state index contributed by atoms with van der Waals surface area (Å²) in [5.41, 5.74) is 7.47. The van der Waals surface area contributed by atoms with Gasteiger partial charge in [0.2, 0.25) is 0 Å². The predicted molar refractivity (Wildman–Crippen MR) is 108 cm³/mol. The van der Waals surface area contributed by atoms with Crippen molar-refractivity contribution in [3.8, 4) is 5.75 Å². The predicted octanol–water partition coefficient (Wildman–Crippen LogP) is 3.83. The van der Waals surface area contributed by atoms with Gasteiger partial charge in [-0.1, -0.05) is 31.4 Å². The van der Waals surface area contributed by atoms with Crippen molar-refractivity contribution < 1.29 is 4.74 Å². The Balaban J connectivity index is 0.00000264. The fourth-order valence-electron chi connectivity index (χ4n) is 3.29. The van der Waals surface area contributed by atoms with Crippen LogP contribution in [0.2, 0.25) is 0 Å². The molecule has 0 aromatic heterocycles. The number of ether oxygens (including phenoxy) is 1. The highest BCUT2D eigenvalue weighted by Gasteiger charge is 2.33. The van der Waals surface area contributed by atoms with Gasteiger partial charge in [-0.05, 0) is 44.4 Å². The number of methoxy groups -OCH3 is 1. The molecule has 1 saturated carbocycles. The zero-order valence-corrected chi connectivity index (χ0v) is 16.8. The van der Waals surface area contributed by atoms with Crippen LogP contribution in [0.25, 0.3) is 0 Å². The van der Waals surface area contributed by atoms with Gasteiger partial charge in [0.25, 0.3) is 0 Å². The molecule has 130 valence electrons. The molecule has 5 heteroatoms. The van der Waals surface area contributed by atoms with Crippen LogP contribution in [0.3, 0.4) is 0 Å². The lowest BCUT2D eigenvalue weighted by Gasteiger charge is -2.37. The highest BCUT2D eigenvalue weighted by Crippen LogP contribution is 2.40. The van der Waals surface area contributed by atoms with E-state index in [1.165, 1.54) is 37.7 Å². The van der Waals surface area contributed by atoms with E-state index in [-0.39, 0.29) is 29.4 Å².